The van der Waals surface area contributed by atoms with Crippen molar-refractivity contribution in [3.05, 3.63) is 84.2 Å². The van der Waals surface area contributed by atoms with Gasteiger partial charge in [0.1, 0.15) is 11.6 Å². The predicted molar refractivity (Wildman–Crippen MR) is 109 cm³/mol. The van der Waals surface area contributed by atoms with Gasteiger partial charge in [-0.15, -0.1) is 0 Å². The summed E-state index contributed by atoms with van der Waals surface area (Å²) in [5.41, 5.74) is 1.10. The molecule has 1 amide bonds. The van der Waals surface area contributed by atoms with E-state index in [-0.39, 0.29) is 10.5 Å². The summed E-state index contributed by atoms with van der Waals surface area (Å²) >= 11 is 0. The van der Waals surface area contributed by atoms with E-state index in [1.165, 1.54) is 62.7 Å². The molecule has 0 unspecified atom stereocenters. The fourth-order valence-corrected chi connectivity index (χ4v) is 3.90. The molecule has 0 heterocycles. The zero-order chi connectivity index (χ0) is 21.0. The van der Waals surface area contributed by atoms with Gasteiger partial charge in [0, 0.05) is 18.3 Å². The van der Waals surface area contributed by atoms with Crippen LogP contribution in [0.4, 0.5) is 15.8 Å². The van der Waals surface area contributed by atoms with Crippen LogP contribution in [0.5, 0.6) is 5.75 Å². The van der Waals surface area contributed by atoms with Crippen molar-refractivity contribution in [2.75, 3.05) is 23.8 Å². The molecule has 29 heavy (non-hydrogen) atoms. The second-order valence-corrected chi connectivity index (χ2v) is 8.10. The first-order chi connectivity index (χ1) is 13.8. The van der Waals surface area contributed by atoms with Crippen LogP contribution in [-0.2, 0) is 10.0 Å². The minimum Gasteiger partial charge on any atom is -0.495 e. The smallest absolute Gasteiger partial charge is 0.264 e. The molecule has 0 aliphatic carbocycles. The van der Waals surface area contributed by atoms with Crippen molar-refractivity contribution in [3.63, 3.8) is 0 Å². The normalized spacial score (nSPS) is 11.0. The fraction of sp³-hybridized carbons (Fsp3) is 0.0952. The lowest BCUT2D eigenvalue weighted by Gasteiger charge is -2.21. The van der Waals surface area contributed by atoms with Gasteiger partial charge < -0.3 is 10.1 Å². The zero-order valence-electron chi connectivity index (χ0n) is 15.8. The summed E-state index contributed by atoms with van der Waals surface area (Å²) < 4.78 is 45.2. The molecule has 0 aliphatic rings. The quantitative estimate of drug-likeness (QED) is 0.664. The zero-order valence-corrected chi connectivity index (χ0v) is 16.6. The van der Waals surface area contributed by atoms with Gasteiger partial charge in [0.25, 0.3) is 15.9 Å². The van der Waals surface area contributed by atoms with E-state index in [9.17, 15) is 17.6 Å². The average molecular weight is 414 g/mol. The average Bonchev–Trinajstić information content (AvgIpc) is 2.74. The van der Waals surface area contributed by atoms with E-state index in [1.807, 2.05) is 0 Å². The number of nitrogens with zero attached hydrogens (tertiary/aromatic N) is 1. The highest BCUT2D eigenvalue weighted by Gasteiger charge is 2.23. The van der Waals surface area contributed by atoms with Crippen LogP contribution in [0.1, 0.15) is 10.4 Å². The number of carbonyl (C=O) groups is 1. The third-order valence-electron chi connectivity index (χ3n) is 4.30. The second-order valence-electron chi connectivity index (χ2n) is 6.13. The predicted octanol–water partition coefficient (Wildman–Crippen LogP) is 3.91. The number of anilines is 2. The highest BCUT2D eigenvalue weighted by Crippen LogP contribution is 2.30. The van der Waals surface area contributed by atoms with Gasteiger partial charge in [0.2, 0.25) is 0 Å². The van der Waals surface area contributed by atoms with E-state index >= 15 is 0 Å². The van der Waals surface area contributed by atoms with E-state index in [2.05, 4.69) is 5.32 Å². The van der Waals surface area contributed by atoms with E-state index < -0.39 is 21.7 Å². The molecule has 6 nitrogen and oxygen atoms in total. The molecule has 8 heteroatoms. The van der Waals surface area contributed by atoms with E-state index in [0.717, 1.165) is 4.31 Å². The number of amides is 1. The third kappa shape index (κ3) is 4.38. The molecule has 3 aromatic rings. The highest BCUT2D eigenvalue weighted by molar-refractivity contribution is 7.92. The van der Waals surface area contributed by atoms with Gasteiger partial charge in [-0.25, -0.2) is 12.8 Å². The molecule has 0 spiro atoms. The van der Waals surface area contributed by atoms with Crippen LogP contribution < -0.4 is 14.4 Å². The molecule has 0 aromatic heterocycles. The highest BCUT2D eigenvalue weighted by atomic mass is 32.2. The van der Waals surface area contributed by atoms with Crippen molar-refractivity contribution in [1.82, 2.24) is 0 Å². The number of ether oxygens (including phenoxy) is 1. The Balaban J connectivity index is 1.81. The molecule has 150 valence electrons. The number of hydrogen-bond acceptors (Lipinski definition) is 4. The SMILES string of the molecule is COc1ccccc1N(C)S(=O)(=O)c1ccc(C(=O)Nc2ccc(F)cc2)cc1. The number of halogens is 1. The first kappa shape index (κ1) is 20.3. The van der Waals surface area contributed by atoms with Crippen molar-refractivity contribution in [2.45, 2.75) is 4.90 Å². The Morgan fingerprint density at radius 1 is 0.966 bits per heavy atom. The topological polar surface area (TPSA) is 75.7 Å². The van der Waals surface area contributed by atoms with E-state index in [1.54, 1.807) is 24.3 Å². The number of methoxy groups -OCH3 is 1. The lowest BCUT2D eigenvalue weighted by molar-refractivity contribution is 0.102. The van der Waals surface area contributed by atoms with E-state index in [4.69, 9.17) is 4.74 Å². The van der Waals surface area contributed by atoms with E-state index in [0.29, 0.717) is 17.1 Å². The van der Waals surface area contributed by atoms with Crippen LogP contribution in [0, 0.1) is 5.82 Å². The van der Waals surface area contributed by atoms with Crippen molar-refractivity contribution in [2.24, 2.45) is 0 Å². The Labute approximate surface area is 168 Å². The number of nitrogens with one attached hydrogen (secondary N) is 1. The maximum atomic E-state index is 13.0. The molecular formula is C21H19FN2O4S. The molecular weight excluding hydrogens is 395 g/mol. The summed E-state index contributed by atoms with van der Waals surface area (Å²) in [5, 5.41) is 2.63. The fourth-order valence-electron chi connectivity index (χ4n) is 2.69. The van der Waals surface area contributed by atoms with Gasteiger partial charge in [-0.3, -0.25) is 9.10 Å². The molecule has 0 bridgehead atoms. The van der Waals surface area contributed by atoms with Gasteiger partial charge in [0.15, 0.2) is 0 Å². The molecule has 0 saturated carbocycles. The summed E-state index contributed by atoms with van der Waals surface area (Å²) in [6.07, 6.45) is 0. The van der Waals surface area contributed by atoms with Crippen LogP contribution in [0.15, 0.2) is 77.7 Å². The molecule has 0 saturated heterocycles. The van der Waals surface area contributed by atoms with Crippen LogP contribution in [-0.4, -0.2) is 28.5 Å². The number of benzene rings is 3. The minimum absolute atomic E-state index is 0.0317. The summed E-state index contributed by atoms with van der Waals surface area (Å²) in [6.45, 7) is 0. The number of para-hydroxylation sites is 2. The monoisotopic (exact) mass is 414 g/mol. The standard InChI is InChI=1S/C21H19FN2O4S/c1-24(19-5-3-4-6-20(19)28-2)29(26,27)18-13-7-15(8-14-18)21(25)23-17-11-9-16(22)10-12-17/h3-14H,1-2H3,(H,23,25). The van der Waals surface area contributed by atoms with Gasteiger partial charge >= 0.3 is 0 Å². The van der Waals surface area contributed by atoms with Crippen LogP contribution in [0.2, 0.25) is 0 Å². The van der Waals surface area contributed by atoms with Crippen LogP contribution >= 0.6 is 0 Å². The third-order valence-corrected chi connectivity index (χ3v) is 6.09. The summed E-state index contributed by atoms with van der Waals surface area (Å²) in [5.74, 6) is -0.413. The maximum Gasteiger partial charge on any atom is 0.264 e. The molecule has 0 radical (unpaired) electrons. The van der Waals surface area contributed by atoms with Crippen molar-refractivity contribution < 1.29 is 22.3 Å². The Hall–Kier alpha value is -3.39. The summed E-state index contributed by atoms with van der Waals surface area (Å²) in [6, 6.07) is 17.7. The number of sulfonamides is 1. The van der Waals surface area contributed by atoms with Gasteiger partial charge in [-0.1, -0.05) is 12.1 Å². The van der Waals surface area contributed by atoms with Crippen molar-refractivity contribution in [3.8, 4) is 5.75 Å². The van der Waals surface area contributed by atoms with Crippen molar-refractivity contribution >= 4 is 27.3 Å². The van der Waals surface area contributed by atoms with Crippen molar-refractivity contribution in [1.29, 1.82) is 0 Å². The molecule has 0 fully saturated rings. The molecule has 3 aromatic carbocycles. The summed E-state index contributed by atoms with van der Waals surface area (Å²) in [4.78, 5) is 12.3. The lowest BCUT2D eigenvalue weighted by Crippen LogP contribution is -2.27. The Kier molecular flexibility index (Phi) is 5.84. The Morgan fingerprint density at radius 2 is 1.59 bits per heavy atom. The van der Waals surface area contributed by atoms with Crippen LogP contribution in [0.25, 0.3) is 0 Å². The first-order valence-corrected chi connectivity index (χ1v) is 10.1. The van der Waals surface area contributed by atoms with Gasteiger partial charge in [-0.2, -0.15) is 0 Å². The molecule has 0 aliphatic heterocycles. The first-order valence-electron chi connectivity index (χ1n) is 8.62. The minimum atomic E-state index is -3.85. The lowest BCUT2D eigenvalue weighted by atomic mass is 10.2. The number of carbonyl (C=O) groups excluding carboxylic acids is 1. The molecule has 0 atom stereocenters. The second kappa shape index (κ2) is 8.32. The van der Waals surface area contributed by atoms with Crippen LogP contribution in [0.3, 0.4) is 0 Å². The Bertz CT molecular complexity index is 1110. The number of rotatable bonds is 6. The largest absolute Gasteiger partial charge is 0.495 e. The Morgan fingerprint density at radius 3 is 2.21 bits per heavy atom. The van der Waals surface area contributed by atoms with Gasteiger partial charge in [0.05, 0.1) is 17.7 Å². The van der Waals surface area contributed by atoms with Gasteiger partial charge in [-0.05, 0) is 60.7 Å². The number of hydrogen-bond donors (Lipinski definition) is 1. The molecule has 3 rings (SSSR count). The maximum absolute atomic E-state index is 13.0. The molecule has 1 N–H and O–H groups in total. The summed E-state index contributed by atoms with van der Waals surface area (Å²) in [7, 11) is -0.952.